The van der Waals surface area contributed by atoms with E-state index in [0.29, 0.717) is 25.3 Å². The van der Waals surface area contributed by atoms with Crippen LogP contribution in [0, 0.1) is 10.1 Å². The second-order valence-electron chi connectivity index (χ2n) is 4.32. The van der Waals surface area contributed by atoms with E-state index in [-0.39, 0.29) is 30.4 Å². The van der Waals surface area contributed by atoms with Gasteiger partial charge in [0.1, 0.15) is 0 Å². The van der Waals surface area contributed by atoms with Crippen molar-refractivity contribution in [1.82, 2.24) is 10.0 Å². The molecule has 1 aromatic rings. The predicted octanol–water partition coefficient (Wildman–Crippen LogP) is 0.672. The summed E-state index contributed by atoms with van der Waals surface area (Å²) in [6, 6.07) is 5.46. The van der Waals surface area contributed by atoms with Gasteiger partial charge in [-0.25, -0.2) is 13.1 Å². The topological polar surface area (TPSA) is 111 Å². The minimum atomic E-state index is -3.45. The number of ether oxygens (including phenoxy) is 1. The normalized spacial score (nSPS) is 11.0. The Hall–Kier alpha value is -1.26. The van der Waals surface area contributed by atoms with Crippen LogP contribution in [0.1, 0.15) is 5.56 Å². The van der Waals surface area contributed by atoms with Crippen LogP contribution in [0.15, 0.2) is 24.3 Å². The van der Waals surface area contributed by atoms with E-state index in [9.17, 15) is 18.5 Å². The molecule has 1 rings (SSSR count). The second kappa shape index (κ2) is 10.5. The Kier molecular flexibility index (Phi) is 9.86. The summed E-state index contributed by atoms with van der Waals surface area (Å²) < 4.78 is 30.9. The zero-order chi connectivity index (χ0) is 15.7. The van der Waals surface area contributed by atoms with Gasteiger partial charge in [0, 0.05) is 38.9 Å². The number of rotatable bonds is 10. The van der Waals surface area contributed by atoms with E-state index >= 15 is 0 Å². The maximum atomic E-state index is 11.8. The van der Waals surface area contributed by atoms with Crippen molar-refractivity contribution in [1.29, 1.82) is 0 Å². The summed E-state index contributed by atoms with van der Waals surface area (Å²) in [4.78, 5) is 9.98. The number of hydrogen-bond donors (Lipinski definition) is 2. The summed E-state index contributed by atoms with van der Waals surface area (Å²) in [6.45, 7) is 2.00. The summed E-state index contributed by atoms with van der Waals surface area (Å²) >= 11 is 0. The number of halogens is 1. The largest absolute Gasteiger partial charge is 0.383 e. The van der Waals surface area contributed by atoms with E-state index < -0.39 is 14.9 Å². The third kappa shape index (κ3) is 8.25. The maximum absolute atomic E-state index is 11.8. The molecule has 2 N–H and O–H groups in total. The van der Waals surface area contributed by atoms with Gasteiger partial charge in [0.25, 0.3) is 5.69 Å². The third-order valence-electron chi connectivity index (χ3n) is 2.61. The maximum Gasteiger partial charge on any atom is 0.269 e. The number of hydrogen-bond acceptors (Lipinski definition) is 6. The molecule has 0 aliphatic heterocycles. The van der Waals surface area contributed by atoms with Gasteiger partial charge in [-0.1, -0.05) is 12.1 Å². The molecule has 22 heavy (non-hydrogen) atoms. The van der Waals surface area contributed by atoms with Gasteiger partial charge in [0.15, 0.2) is 0 Å². The number of nitrogens with zero attached hydrogens (tertiary/aromatic N) is 1. The standard InChI is InChI=1S/C12H19N3O5S.ClH/c1-20-9-8-13-6-7-14-21(18,19)10-11-2-4-12(5-3-11)15(16)17;/h2-5,13-14H,6-10H2,1H3;1H. The van der Waals surface area contributed by atoms with Crippen molar-refractivity contribution < 1.29 is 18.1 Å². The van der Waals surface area contributed by atoms with Gasteiger partial charge < -0.3 is 10.1 Å². The second-order valence-corrected chi connectivity index (χ2v) is 6.13. The van der Waals surface area contributed by atoms with Crippen molar-refractivity contribution in [3.63, 3.8) is 0 Å². The van der Waals surface area contributed by atoms with Crippen LogP contribution in [0.4, 0.5) is 5.69 Å². The van der Waals surface area contributed by atoms with Crippen LogP contribution in [0.2, 0.25) is 0 Å². The Bertz CT molecular complexity index is 550. The average Bonchev–Trinajstić information content (AvgIpc) is 2.43. The first-order chi connectivity index (χ1) is 9.94. The van der Waals surface area contributed by atoms with Crippen LogP contribution in [-0.2, 0) is 20.5 Å². The zero-order valence-corrected chi connectivity index (χ0v) is 13.8. The fraction of sp³-hybridized carbons (Fsp3) is 0.500. The fourth-order valence-electron chi connectivity index (χ4n) is 1.58. The van der Waals surface area contributed by atoms with E-state index in [0.717, 1.165) is 0 Å². The van der Waals surface area contributed by atoms with Crippen molar-refractivity contribution in [2.75, 3.05) is 33.4 Å². The molecule has 126 valence electrons. The SMILES string of the molecule is COCCNCCNS(=O)(=O)Cc1ccc([N+](=O)[O-])cc1.Cl. The molecular formula is C12H20ClN3O5S. The Labute approximate surface area is 135 Å². The van der Waals surface area contributed by atoms with E-state index in [1.807, 2.05) is 0 Å². The Balaban J connectivity index is 0.00000441. The first kappa shape index (κ1) is 20.7. The molecule has 0 unspecified atom stereocenters. The summed E-state index contributed by atoms with van der Waals surface area (Å²) in [5.74, 6) is -0.205. The monoisotopic (exact) mass is 353 g/mol. The number of methoxy groups -OCH3 is 1. The molecule has 0 aliphatic carbocycles. The smallest absolute Gasteiger partial charge is 0.269 e. The molecule has 0 atom stereocenters. The Morgan fingerprint density at radius 1 is 1.18 bits per heavy atom. The predicted molar refractivity (Wildman–Crippen MR) is 85.7 cm³/mol. The lowest BCUT2D eigenvalue weighted by Crippen LogP contribution is -2.33. The lowest BCUT2D eigenvalue weighted by Gasteiger charge is -2.07. The number of nitro groups is 1. The molecule has 0 radical (unpaired) electrons. The molecule has 0 aromatic heterocycles. The van der Waals surface area contributed by atoms with Gasteiger partial charge in [-0.3, -0.25) is 10.1 Å². The van der Waals surface area contributed by atoms with E-state index in [1.54, 1.807) is 7.11 Å². The van der Waals surface area contributed by atoms with E-state index in [4.69, 9.17) is 4.74 Å². The molecule has 0 heterocycles. The molecule has 0 bridgehead atoms. The van der Waals surface area contributed by atoms with E-state index in [1.165, 1.54) is 24.3 Å². The number of nitro benzene ring substituents is 1. The first-order valence-corrected chi connectivity index (χ1v) is 8.00. The molecule has 0 aliphatic rings. The van der Waals surface area contributed by atoms with Crippen LogP contribution in [-0.4, -0.2) is 46.7 Å². The highest BCUT2D eigenvalue weighted by Gasteiger charge is 2.12. The van der Waals surface area contributed by atoms with Crippen LogP contribution in [0.3, 0.4) is 0 Å². The van der Waals surface area contributed by atoms with Gasteiger partial charge in [0.05, 0.1) is 17.3 Å². The van der Waals surface area contributed by atoms with Crippen molar-refractivity contribution >= 4 is 28.1 Å². The Morgan fingerprint density at radius 2 is 1.82 bits per heavy atom. The quantitative estimate of drug-likeness (QED) is 0.363. The van der Waals surface area contributed by atoms with E-state index in [2.05, 4.69) is 10.0 Å². The number of nitrogens with one attached hydrogen (secondary N) is 2. The highest BCUT2D eigenvalue weighted by molar-refractivity contribution is 7.88. The molecule has 0 saturated heterocycles. The third-order valence-corrected chi connectivity index (χ3v) is 3.97. The van der Waals surface area contributed by atoms with Crippen molar-refractivity contribution in [3.05, 3.63) is 39.9 Å². The lowest BCUT2D eigenvalue weighted by atomic mass is 10.2. The summed E-state index contributed by atoms with van der Waals surface area (Å²) in [6.07, 6.45) is 0. The van der Waals surface area contributed by atoms with Gasteiger partial charge in [0.2, 0.25) is 10.0 Å². The number of sulfonamides is 1. The average molecular weight is 354 g/mol. The highest BCUT2D eigenvalue weighted by atomic mass is 35.5. The van der Waals surface area contributed by atoms with Crippen LogP contribution >= 0.6 is 12.4 Å². The lowest BCUT2D eigenvalue weighted by molar-refractivity contribution is -0.384. The van der Waals surface area contributed by atoms with Gasteiger partial charge in [-0.15, -0.1) is 12.4 Å². The van der Waals surface area contributed by atoms with Gasteiger partial charge >= 0.3 is 0 Å². The minimum Gasteiger partial charge on any atom is -0.383 e. The molecular weight excluding hydrogens is 334 g/mol. The minimum absolute atomic E-state index is 0. The van der Waals surface area contributed by atoms with Gasteiger partial charge in [-0.05, 0) is 5.56 Å². The van der Waals surface area contributed by atoms with Crippen molar-refractivity contribution in [2.45, 2.75) is 5.75 Å². The van der Waals surface area contributed by atoms with Crippen LogP contribution in [0.25, 0.3) is 0 Å². The summed E-state index contributed by atoms with van der Waals surface area (Å²) in [5, 5.41) is 13.5. The number of non-ortho nitro benzene ring substituents is 1. The zero-order valence-electron chi connectivity index (χ0n) is 12.1. The van der Waals surface area contributed by atoms with Crippen LogP contribution in [0.5, 0.6) is 0 Å². The van der Waals surface area contributed by atoms with Gasteiger partial charge in [-0.2, -0.15) is 0 Å². The number of benzene rings is 1. The molecule has 1 aromatic carbocycles. The molecule has 0 fully saturated rings. The van der Waals surface area contributed by atoms with Crippen molar-refractivity contribution in [3.8, 4) is 0 Å². The molecule has 0 saturated carbocycles. The Morgan fingerprint density at radius 3 is 2.36 bits per heavy atom. The van der Waals surface area contributed by atoms with Crippen LogP contribution < -0.4 is 10.0 Å². The molecule has 0 amide bonds. The molecule has 0 spiro atoms. The summed E-state index contributed by atoms with van der Waals surface area (Å²) in [7, 11) is -1.86. The summed E-state index contributed by atoms with van der Waals surface area (Å²) in [5.41, 5.74) is 0.437. The highest BCUT2D eigenvalue weighted by Crippen LogP contribution is 2.13. The van der Waals surface area contributed by atoms with Crippen molar-refractivity contribution in [2.24, 2.45) is 0 Å². The molecule has 10 heteroatoms. The first-order valence-electron chi connectivity index (χ1n) is 6.35. The molecule has 8 nitrogen and oxygen atoms in total. The fourth-order valence-corrected chi connectivity index (χ4v) is 2.72.